The summed E-state index contributed by atoms with van der Waals surface area (Å²) in [6.45, 7) is 11.7. The van der Waals surface area contributed by atoms with Crippen LogP contribution in [0, 0.1) is 11.8 Å². The normalized spacial score (nSPS) is 11.3. The molecule has 0 heterocycles. The van der Waals surface area contributed by atoms with Crippen LogP contribution in [0.25, 0.3) is 0 Å². The van der Waals surface area contributed by atoms with E-state index in [0.717, 1.165) is 96.6 Å². The van der Waals surface area contributed by atoms with Gasteiger partial charge < -0.3 is 29.0 Å². The number of unbranched alkanes of at least 4 members (excludes halogenated alkanes) is 18. The van der Waals surface area contributed by atoms with Crippen molar-refractivity contribution in [3.63, 3.8) is 0 Å². The molecule has 0 aromatic rings. The van der Waals surface area contributed by atoms with E-state index in [4.69, 9.17) is 18.9 Å². The first-order valence-electron chi connectivity index (χ1n) is 21.4. The average molecular weight is 724 g/mol. The minimum atomic E-state index is -0.326. The minimum absolute atomic E-state index is 0.114. The quantitative estimate of drug-likeness (QED) is 0.0290. The maximum Gasteiger partial charge on any atom is 0.305 e. The Morgan fingerprint density at radius 1 is 0.510 bits per heavy atom. The van der Waals surface area contributed by atoms with Gasteiger partial charge in [-0.3, -0.25) is 9.59 Å². The Hall–Kier alpha value is -1.66. The van der Waals surface area contributed by atoms with Crippen molar-refractivity contribution in [3.8, 4) is 11.8 Å². The molecule has 1 N–H and O–H groups in total. The van der Waals surface area contributed by atoms with E-state index in [1.165, 1.54) is 64.2 Å². The van der Waals surface area contributed by atoms with E-state index in [9.17, 15) is 14.7 Å². The van der Waals surface area contributed by atoms with Crippen molar-refractivity contribution >= 4 is 11.9 Å². The number of carbonyl (C=O) groups excluding carboxylic acids is 2. The fourth-order valence-corrected chi connectivity index (χ4v) is 5.90. The van der Waals surface area contributed by atoms with E-state index in [-0.39, 0.29) is 24.8 Å². The maximum atomic E-state index is 12.5. The van der Waals surface area contributed by atoms with Crippen LogP contribution in [-0.2, 0) is 28.5 Å². The standard InChI is InChI=1S/C43H81NO7/c1-4-7-10-13-20-28-39-50-43(51-40-29-21-14-11-8-5-2)32-31-42(47)49-38-27-22-18-25-34-44(35-36-45)33-24-17-15-16-23-30-41(46)48-37-26-19-12-9-6-3/h43,45H,4-11,13-18,20-40H2,1-3H3. The largest absolute Gasteiger partial charge is 0.466 e. The third kappa shape index (κ3) is 37.9. The van der Waals surface area contributed by atoms with E-state index >= 15 is 0 Å². The molecule has 0 unspecified atom stereocenters. The topological polar surface area (TPSA) is 94.5 Å². The molecule has 0 aromatic heterocycles. The van der Waals surface area contributed by atoms with Gasteiger partial charge in [-0.25, -0.2) is 0 Å². The molecule has 0 saturated heterocycles. The van der Waals surface area contributed by atoms with E-state index in [1.807, 2.05) is 0 Å². The number of hydrogen-bond acceptors (Lipinski definition) is 8. The smallest absolute Gasteiger partial charge is 0.305 e. The summed E-state index contributed by atoms with van der Waals surface area (Å²) in [5, 5.41) is 9.50. The molecule has 300 valence electrons. The highest BCUT2D eigenvalue weighted by atomic mass is 16.7. The molecule has 0 bridgehead atoms. The van der Waals surface area contributed by atoms with Crippen LogP contribution in [0.15, 0.2) is 0 Å². The Morgan fingerprint density at radius 3 is 1.55 bits per heavy atom. The van der Waals surface area contributed by atoms with Crippen molar-refractivity contribution in [1.29, 1.82) is 0 Å². The van der Waals surface area contributed by atoms with Gasteiger partial charge in [0.15, 0.2) is 6.29 Å². The molecule has 0 amide bonds. The number of nitrogens with zero attached hydrogens (tertiary/aromatic N) is 1. The molecule has 0 spiro atoms. The highest BCUT2D eigenvalue weighted by Gasteiger charge is 2.14. The van der Waals surface area contributed by atoms with Crippen LogP contribution in [0.1, 0.15) is 194 Å². The number of aliphatic hydroxyl groups is 1. The molecule has 0 aliphatic rings. The second-order valence-corrected chi connectivity index (χ2v) is 14.0. The predicted molar refractivity (Wildman–Crippen MR) is 211 cm³/mol. The summed E-state index contributed by atoms with van der Waals surface area (Å²) in [5.74, 6) is 5.82. The van der Waals surface area contributed by atoms with Crippen molar-refractivity contribution in [2.24, 2.45) is 0 Å². The zero-order chi connectivity index (χ0) is 37.3. The third-order valence-corrected chi connectivity index (χ3v) is 9.08. The number of hydrogen-bond donors (Lipinski definition) is 1. The summed E-state index contributed by atoms with van der Waals surface area (Å²) in [6.07, 6.45) is 27.6. The summed E-state index contributed by atoms with van der Waals surface area (Å²) in [4.78, 5) is 26.6. The highest BCUT2D eigenvalue weighted by Crippen LogP contribution is 2.13. The van der Waals surface area contributed by atoms with Crippen molar-refractivity contribution < 1.29 is 33.6 Å². The van der Waals surface area contributed by atoms with Crippen LogP contribution in [0.4, 0.5) is 0 Å². The summed E-state index contributed by atoms with van der Waals surface area (Å²) < 4.78 is 22.9. The zero-order valence-electron chi connectivity index (χ0n) is 33.7. The Labute approximate surface area is 314 Å². The summed E-state index contributed by atoms with van der Waals surface area (Å²) in [7, 11) is 0. The SMILES string of the molecule is CCCC#CCCOC(=O)CCCCCCCN(CCO)CCCCCCOC(=O)CCC(OCCCCCCCC)OCCCCCCCC. The number of ether oxygens (including phenoxy) is 4. The van der Waals surface area contributed by atoms with Crippen molar-refractivity contribution in [3.05, 3.63) is 0 Å². The predicted octanol–water partition coefficient (Wildman–Crippen LogP) is 10.3. The van der Waals surface area contributed by atoms with Gasteiger partial charge >= 0.3 is 11.9 Å². The first-order chi connectivity index (χ1) is 25.1. The van der Waals surface area contributed by atoms with Gasteiger partial charge in [-0.15, -0.1) is 5.92 Å². The van der Waals surface area contributed by atoms with Crippen molar-refractivity contribution in [1.82, 2.24) is 4.90 Å². The summed E-state index contributed by atoms with van der Waals surface area (Å²) in [6, 6.07) is 0. The van der Waals surface area contributed by atoms with Gasteiger partial charge in [0.25, 0.3) is 0 Å². The lowest BCUT2D eigenvalue weighted by atomic mass is 10.1. The number of carbonyl (C=O) groups is 2. The molecule has 0 radical (unpaired) electrons. The Kier molecular flexibility index (Phi) is 39.8. The Bertz CT molecular complexity index is 794. The van der Waals surface area contributed by atoms with E-state index in [1.54, 1.807) is 0 Å². The maximum absolute atomic E-state index is 12.5. The van der Waals surface area contributed by atoms with Gasteiger partial charge in [-0.1, -0.05) is 123 Å². The van der Waals surface area contributed by atoms with Crippen molar-refractivity contribution in [2.45, 2.75) is 200 Å². The molecule has 0 rings (SSSR count). The zero-order valence-corrected chi connectivity index (χ0v) is 33.7. The first kappa shape index (κ1) is 49.3. The molecular formula is C43H81NO7. The van der Waals surface area contributed by atoms with Crippen LogP contribution in [0.3, 0.4) is 0 Å². The van der Waals surface area contributed by atoms with Gasteiger partial charge in [-0.2, -0.15) is 0 Å². The monoisotopic (exact) mass is 724 g/mol. The molecule has 0 aromatic carbocycles. The van der Waals surface area contributed by atoms with Crippen LogP contribution >= 0.6 is 0 Å². The highest BCUT2D eigenvalue weighted by molar-refractivity contribution is 5.69. The molecule has 8 nitrogen and oxygen atoms in total. The average Bonchev–Trinajstić information content (AvgIpc) is 3.13. The number of esters is 2. The number of rotatable bonds is 39. The minimum Gasteiger partial charge on any atom is -0.466 e. The van der Waals surface area contributed by atoms with Gasteiger partial charge in [-0.05, 0) is 58.0 Å². The van der Waals surface area contributed by atoms with Crippen LogP contribution in [-0.4, -0.2) is 80.9 Å². The molecule has 0 aliphatic carbocycles. The van der Waals surface area contributed by atoms with Crippen LogP contribution in [0.5, 0.6) is 0 Å². The molecule has 0 fully saturated rings. The summed E-state index contributed by atoms with van der Waals surface area (Å²) in [5.41, 5.74) is 0. The molecular weight excluding hydrogens is 642 g/mol. The van der Waals surface area contributed by atoms with Gasteiger partial charge in [0.2, 0.25) is 0 Å². The van der Waals surface area contributed by atoms with Gasteiger partial charge in [0.1, 0.15) is 6.61 Å². The lowest BCUT2D eigenvalue weighted by molar-refractivity contribution is -0.159. The van der Waals surface area contributed by atoms with Crippen LogP contribution in [0.2, 0.25) is 0 Å². The summed E-state index contributed by atoms with van der Waals surface area (Å²) >= 11 is 0. The lowest BCUT2D eigenvalue weighted by Crippen LogP contribution is -2.29. The van der Waals surface area contributed by atoms with Gasteiger partial charge in [0.05, 0.1) is 19.6 Å². The molecule has 0 aliphatic heterocycles. The first-order valence-corrected chi connectivity index (χ1v) is 21.4. The molecule has 51 heavy (non-hydrogen) atoms. The van der Waals surface area contributed by atoms with Crippen molar-refractivity contribution in [2.75, 3.05) is 52.7 Å². The van der Waals surface area contributed by atoms with E-state index in [2.05, 4.69) is 37.5 Å². The Balaban J connectivity index is 4.01. The molecule has 0 saturated carbocycles. The molecule has 0 atom stereocenters. The second kappa shape index (κ2) is 41.1. The van der Waals surface area contributed by atoms with Crippen LogP contribution < -0.4 is 0 Å². The van der Waals surface area contributed by atoms with E-state index in [0.29, 0.717) is 58.7 Å². The third-order valence-electron chi connectivity index (χ3n) is 9.08. The lowest BCUT2D eigenvalue weighted by Gasteiger charge is -2.21. The fourth-order valence-electron chi connectivity index (χ4n) is 5.90. The van der Waals surface area contributed by atoms with E-state index < -0.39 is 0 Å². The number of aliphatic hydroxyl groups excluding tert-OH is 1. The Morgan fingerprint density at radius 2 is 0.980 bits per heavy atom. The molecule has 8 heteroatoms. The van der Waals surface area contributed by atoms with Gasteiger partial charge in [0, 0.05) is 45.4 Å². The second-order valence-electron chi connectivity index (χ2n) is 14.0. The fraction of sp³-hybridized carbons (Fsp3) is 0.907.